The maximum atomic E-state index is 14.2. The van der Waals surface area contributed by atoms with Crippen LogP contribution in [0.25, 0.3) is 0 Å². The van der Waals surface area contributed by atoms with Gasteiger partial charge in [0.05, 0.1) is 25.2 Å². The van der Waals surface area contributed by atoms with Crippen molar-refractivity contribution >= 4 is 53.3 Å². The van der Waals surface area contributed by atoms with Gasteiger partial charge < -0.3 is 75.5 Å². The van der Waals surface area contributed by atoms with Gasteiger partial charge in [-0.25, -0.2) is 4.79 Å². The van der Waals surface area contributed by atoms with Crippen LogP contribution in [-0.4, -0.2) is 143 Å². The highest BCUT2D eigenvalue weighted by molar-refractivity contribution is 5.96. The smallest absolute Gasteiger partial charge is 0.326 e. The van der Waals surface area contributed by atoms with Crippen LogP contribution in [0.3, 0.4) is 0 Å². The van der Waals surface area contributed by atoms with Crippen molar-refractivity contribution in [3.05, 3.63) is 0 Å². The monoisotopic (exact) mass is 997 g/mol. The molecule has 0 saturated carbocycles. The summed E-state index contributed by atoms with van der Waals surface area (Å²) in [6.07, 6.45) is 8.34. The van der Waals surface area contributed by atoms with E-state index in [1.54, 1.807) is 13.8 Å². The Labute approximate surface area is 413 Å². The number of unbranched alkanes of at least 4 members (excludes halogenated alkanes) is 6. The Kier molecular flexibility index (Phi) is 32.2. The van der Waals surface area contributed by atoms with Gasteiger partial charge in [0.1, 0.15) is 30.2 Å². The number of hydrogen-bond donors (Lipinski definition) is 14. The number of carboxylic acid groups (broad SMARTS) is 1. The number of nitrogens with one attached hydrogen (secondary N) is 7. The molecule has 70 heavy (non-hydrogen) atoms. The van der Waals surface area contributed by atoms with Crippen molar-refractivity contribution in [2.24, 2.45) is 39.8 Å². The number of amides is 7. The van der Waals surface area contributed by atoms with Crippen molar-refractivity contribution in [2.45, 2.75) is 205 Å². The third-order valence-corrected chi connectivity index (χ3v) is 12.3. The Bertz CT molecular complexity index is 1640. The van der Waals surface area contributed by atoms with Crippen molar-refractivity contribution in [1.82, 2.24) is 37.2 Å². The second-order valence-corrected chi connectivity index (χ2v) is 19.0. The fraction of sp³-hybridized carbons (Fsp3) is 0.809. The van der Waals surface area contributed by atoms with Crippen LogP contribution in [0.5, 0.6) is 0 Å². The number of rotatable bonds is 39. The number of guanidine groups is 1. The molecule has 1 saturated heterocycles. The van der Waals surface area contributed by atoms with Crippen LogP contribution < -0.4 is 60.2 Å². The van der Waals surface area contributed by atoms with Gasteiger partial charge in [-0.3, -0.25) is 38.6 Å². The molecule has 9 atom stereocenters. The van der Waals surface area contributed by atoms with Gasteiger partial charge >= 0.3 is 5.97 Å². The number of aliphatic imine (C=N–C) groups is 1. The molecule has 0 aromatic rings. The molecule has 0 spiro atoms. The Morgan fingerprint density at radius 2 is 1.31 bits per heavy atom. The van der Waals surface area contributed by atoms with Crippen molar-refractivity contribution in [2.75, 3.05) is 26.2 Å². The van der Waals surface area contributed by atoms with E-state index in [0.29, 0.717) is 57.5 Å². The van der Waals surface area contributed by atoms with E-state index in [2.05, 4.69) is 56.1 Å². The molecule has 7 amide bonds. The number of hydrogen-bond acceptors (Lipinski definition) is 13. The zero-order chi connectivity index (χ0) is 52.6. The van der Waals surface area contributed by atoms with Crippen molar-refractivity contribution in [3.8, 4) is 0 Å². The number of aliphatic hydroxyl groups is 2. The van der Waals surface area contributed by atoms with Gasteiger partial charge in [0.25, 0.3) is 0 Å². The average molecular weight is 997 g/mol. The predicted molar refractivity (Wildman–Crippen MR) is 265 cm³/mol. The van der Waals surface area contributed by atoms with Crippen LogP contribution >= 0.6 is 0 Å². The molecule has 0 bridgehead atoms. The first-order valence-corrected chi connectivity index (χ1v) is 25.3. The molecule has 0 radical (unpaired) electrons. The third kappa shape index (κ3) is 27.3. The van der Waals surface area contributed by atoms with Gasteiger partial charge in [0.2, 0.25) is 41.4 Å². The van der Waals surface area contributed by atoms with Gasteiger partial charge in [-0.2, -0.15) is 0 Å². The van der Waals surface area contributed by atoms with Crippen LogP contribution in [-0.2, 0) is 38.4 Å². The van der Waals surface area contributed by atoms with E-state index in [0.717, 1.165) is 38.5 Å². The second-order valence-electron chi connectivity index (χ2n) is 19.0. The number of carbonyl (C=O) groups excluding carboxylic acids is 7. The Hall–Kier alpha value is -5.13. The van der Waals surface area contributed by atoms with E-state index in [-0.39, 0.29) is 56.9 Å². The highest BCUT2D eigenvalue weighted by atomic mass is 16.4. The topological polar surface area (TPSA) is 398 Å². The lowest BCUT2D eigenvalue weighted by atomic mass is 9.97. The number of carbonyl (C=O) groups is 8. The largest absolute Gasteiger partial charge is 0.480 e. The molecule has 1 rings (SSSR count). The number of primary amides is 1. The summed E-state index contributed by atoms with van der Waals surface area (Å²) in [5.74, 6) is -6.45. The van der Waals surface area contributed by atoms with Gasteiger partial charge in [0, 0.05) is 19.0 Å². The number of aliphatic hydroxyl groups excluding tert-OH is 2. The van der Waals surface area contributed by atoms with E-state index in [1.165, 1.54) is 6.42 Å². The maximum Gasteiger partial charge on any atom is 0.326 e. The van der Waals surface area contributed by atoms with E-state index in [1.807, 2.05) is 0 Å². The van der Waals surface area contributed by atoms with Gasteiger partial charge in [-0.1, -0.05) is 72.6 Å². The first-order valence-electron chi connectivity index (χ1n) is 25.3. The van der Waals surface area contributed by atoms with E-state index in [9.17, 15) is 53.7 Å². The summed E-state index contributed by atoms with van der Waals surface area (Å²) < 4.78 is 0. The standard InChI is InChI=1S/C47H88N12O11/c1-5-30(4)16-10-8-6-7-9-11-20-39(63)55-35(27-38(49)62)42(65)54-31(17-14-25-53-47(50)51)21-22-37(61)40(59-44(67)36(28-60)58-41(64)32-19-15-24-52-32)45(68)57-34(26-29(2)3)43(66)56-33(46(69)70)18-12-13-23-48/h29-37,40,52,60-61H,5-28,48H2,1-4H3,(H2,49,62)(H,54,65)(H,55,63)(H,56,66)(H,57,68)(H,58,64)(H,59,67)(H,69,70)(H4,50,51,53). The Morgan fingerprint density at radius 1 is 0.686 bits per heavy atom. The molecule has 1 heterocycles. The molecule has 0 aromatic carbocycles. The second kappa shape index (κ2) is 35.9. The summed E-state index contributed by atoms with van der Waals surface area (Å²) >= 11 is 0. The summed E-state index contributed by atoms with van der Waals surface area (Å²) in [6, 6.07) is -8.75. The SMILES string of the molecule is CCC(C)CCCCCCCCC(=O)NC(CC(N)=O)C(=O)NC(CCCN=C(N)N)CCC(O)C(NC(=O)C(CO)NC(=O)C1CCCN1)C(=O)NC(CC(C)C)C(=O)NC(CCCCN)C(=O)O. The lowest BCUT2D eigenvalue weighted by molar-refractivity contribution is -0.142. The number of carboxylic acids is 1. The van der Waals surface area contributed by atoms with E-state index < -0.39 is 109 Å². The van der Waals surface area contributed by atoms with Crippen molar-refractivity contribution < 1.29 is 53.7 Å². The van der Waals surface area contributed by atoms with Crippen LogP contribution in [0.15, 0.2) is 4.99 Å². The van der Waals surface area contributed by atoms with Crippen LogP contribution in [0.2, 0.25) is 0 Å². The summed E-state index contributed by atoms with van der Waals surface area (Å²) in [5.41, 5.74) is 22.1. The van der Waals surface area contributed by atoms with Crippen molar-refractivity contribution in [1.29, 1.82) is 0 Å². The minimum absolute atomic E-state index is 0.0265. The molecule has 0 aromatic heterocycles. The van der Waals surface area contributed by atoms with Gasteiger partial charge in [-0.15, -0.1) is 0 Å². The molecule has 0 aliphatic carbocycles. The number of aliphatic carboxylic acids is 1. The van der Waals surface area contributed by atoms with Crippen LogP contribution in [0, 0.1) is 11.8 Å². The van der Waals surface area contributed by atoms with E-state index in [4.69, 9.17) is 22.9 Å². The molecule has 18 N–H and O–H groups in total. The molecular formula is C47H88N12O11. The molecule has 402 valence electrons. The summed E-state index contributed by atoms with van der Waals surface area (Å²) in [6.45, 7) is 8.13. The third-order valence-electron chi connectivity index (χ3n) is 12.3. The van der Waals surface area contributed by atoms with Crippen LogP contribution in [0.1, 0.15) is 156 Å². The summed E-state index contributed by atoms with van der Waals surface area (Å²) in [7, 11) is 0. The lowest BCUT2D eigenvalue weighted by Gasteiger charge is -2.30. The molecular weight excluding hydrogens is 909 g/mol. The van der Waals surface area contributed by atoms with Crippen LogP contribution in [0.4, 0.5) is 0 Å². The molecule has 1 fully saturated rings. The fourth-order valence-corrected chi connectivity index (χ4v) is 7.99. The highest BCUT2D eigenvalue weighted by Crippen LogP contribution is 2.16. The minimum atomic E-state index is -1.82. The molecule has 23 nitrogen and oxygen atoms in total. The Balaban J connectivity index is 3.37. The molecule has 1 aliphatic rings. The fourth-order valence-electron chi connectivity index (χ4n) is 7.99. The first kappa shape index (κ1) is 62.9. The zero-order valence-electron chi connectivity index (χ0n) is 42.1. The normalized spacial score (nSPS) is 16.8. The Morgan fingerprint density at radius 3 is 1.90 bits per heavy atom. The zero-order valence-corrected chi connectivity index (χ0v) is 42.1. The molecule has 23 heteroatoms. The molecule has 9 unspecified atom stereocenters. The number of nitrogens with zero attached hydrogens (tertiary/aromatic N) is 1. The maximum absolute atomic E-state index is 14.2. The predicted octanol–water partition coefficient (Wildman–Crippen LogP) is -0.864. The van der Waals surface area contributed by atoms with Gasteiger partial charge in [0.15, 0.2) is 5.96 Å². The summed E-state index contributed by atoms with van der Waals surface area (Å²) in [4.78, 5) is 109. The average Bonchev–Trinajstić information content (AvgIpc) is 3.85. The highest BCUT2D eigenvalue weighted by Gasteiger charge is 2.36. The number of nitrogens with two attached hydrogens (primary N) is 4. The minimum Gasteiger partial charge on any atom is -0.480 e. The van der Waals surface area contributed by atoms with Crippen molar-refractivity contribution in [3.63, 3.8) is 0 Å². The lowest BCUT2D eigenvalue weighted by Crippen LogP contribution is -2.62. The van der Waals surface area contributed by atoms with E-state index >= 15 is 0 Å². The first-order chi connectivity index (χ1) is 33.2. The quantitative estimate of drug-likeness (QED) is 0.0202. The molecule has 1 aliphatic heterocycles. The summed E-state index contributed by atoms with van der Waals surface area (Å²) in [5, 5.41) is 50.1. The van der Waals surface area contributed by atoms with Gasteiger partial charge in [-0.05, 0) is 95.6 Å².